The molecule has 0 unspecified atom stereocenters. The summed E-state index contributed by atoms with van der Waals surface area (Å²) in [7, 11) is 2.17. The molecule has 108 valence electrons. The Balaban J connectivity index is 1.58. The summed E-state index contributed by atoms with van der Waals surface area (Å²) in [6.45, 7) is 6.30. The van der Waals surface area contributed by atoms with E-state index in [1.54, 1.807) is 0 Å². The lowest BCUT2D eigenvalue weighted by Gasteiger charge is -2.16. The number of hydrogen-bond donors (Lipinski definition) is 1. The van der Waals surface area contributed by atoms with Crippen molar-refractivity contribution in [3.05, 3.63) is 52.0 Å². The number of likely N-dealkylation sites (N-methyl/N-ethyl adjacent to an activating group) is 1. The molecule has 0 radical (unpaired) electrons. The SMILES string of the molecule is Cc1ccsc1CNCCN(C)CCc1ccccn1. The van der Waals surface area contributed by atoms with Crippen molar-refractivity contribution in [3.63, 3.8) is 0 Å². The minimum absolute atomic E-state index is 0.984. The van der Waals surface area contributed by atoms with Gasteiger partial charge in [-0.25, -0.2) is 0 Å². The predicted molar refractivity (Wildman–Crippen MR) is 86.2 cm³/mol. The first-order valence-electron chi connectivity index (χ1n) is 7.08. The van der Waals surface area contributed by atoms with Crippen LogP contribution in [0.5, 0.6) is 0 Å². The van der Waals surface area contributed by atoms with Crippen molar-refractivity contribution in [1.29, 1.82) is 0 Å². The largest absolute Gasteiger partial charge is 0.311 e. The highest BCUT2D eigenvalue weighted by atomic mass is 32.1. The van der Waals surface area contributed by atoms with E-state index in [0.29, 0.717) is 0 Å². The molecule has 2 rings (SSSR count). The number of nitrogens with one attached hydrogen (secondary N) is 1. The van der Waals surface area contributed by atoms with E-state index in [2.05, 4.69) is 46.7 Å². The fourth-order valence-corrected chi connectivity index (χ4v) is 2.90. The molecule has 0 atom stereocenters. The number of thiophene rings is 1. The number of pyridine rings is 1. The van der Waals surface area contributed by atoms with Crippen LogP contribution in [0.2, 0.25) is 0 Å². The molecule has 0 aliphatic rings. The fraction of sp³-hybridized carbons (Fsp3) is 0.438. The van der Waals surface area contributed by atoms with Gasteiger partial charge in [0.05, 0.1) is 0 Å². The lowest BCUT2D eigenvalue weighted by Crippen LogP contribution is -2.30. The van der Waals surface area contributed by atoms with Crippen LogP contribution < -0.4 is 5.32 Å². The Kier molecular flexibility index (Phi) is 6.18. The van der Waals surface area contributed by atoms with Gasteiger partial charge in [0.25, 0.3) is 0 Å². The minimum Gasteiger partial charge on any atom is -0.311 e. The summed E-state index contributed by atoms with van der Waals surface area (Å²) in [6.07, 6.45) is 2.88. The molecule has 4 heteroatoms. The quantitative estimate of drug-likeness (QED) is 0.757. The molecule has 0 saturated heterocycles. The van der Waals surface area contributed by atoms with Gasteiger partial charge in [0.15, 0.2) is 0 Å². The molecule has 1 N–H and O–H groups in total. The third-order valence-corrected chi connectivity index (χ3v) is 4.42. The molecular formula is C16H23N3S. The third-order valence-electron chi connectivity index (χ3n) is 3.40. The number of aromatic nitrogens is 1. The fourth-order valence-electron chi connectivity index (χ4n) is 2.02. The van der Waals surface area contributed by atoms with Crippen LogP contribution in [0.1, 0.15) is 16.1 Å². The highest BCUT2D eigenvalue weighted by Crippen LogP contribution is 2.14. The van der Waals surface area contributed by atoms with Gasteiger partial charge in [-0.2, -0.15) is 0 Å². The Morgan fingerprint density at radius 2 is 2.15 bits per heavy atom. The van der Waals surface area contributed by atoms with Gasteiger partial charge in [0.2, 0.25) is 0 Å². The third kappa shape index (κ3) is 5.04. The molecule has 0 saturated carbocycles. The zero-order chi connectivity index (χ0) is 14.2. The van der Waals surface area contributed by atoms with Crippen molar-refractivity contribution < 1.29 is 0 Å². The van der Waals surface area contributed by atoms with Gasteiger partial charge in [-0.1, -0.05) is 6.07 Å². The normalized spacial score (nSPS) is 11.2. The van der Waals surface area contributed by atoms with Crippen molar-refractivity contribution in [2.75, 3.05) is 26.7 Å². The first-order chi connectivity index (χ1) is 9.75. The van der Waals surface area contributed by atoms with Crippen molar-refractivity contribution in [1.82, 2.24) is 15.2 Å². The van der Waals surface area contributed by atoms with Gasteiger partial charge in [0.1, 0.15) is 0 Å². The highest BCUT2D eigenvalue weighted by molar-refractivity contribution is 7.10. The summed E-state index contributed by atoms with van der Waals surface area (Å²) >= 11 is 1.83. The molecule has 20 heavy (non-hydrogen) atoms. The molecular weight excluding hydrogens is 266 g/mol. The van der Waals surface area contributed by atoms with Gasteiger partial charge >= 0.3 is 0 Å². The molecule has 0 fully saturated rings. The van der Waals surface area contributed by atoms with Gasteiger partial charge in [-0.3, -0.25) is 4.98 Å². The second-order valence-corrected chi connectivity index (χ2v) is 6.08. The topological polar surface area (TPSA) is 28.2 Å². The van der Waals surface area contributed by atoms with E-state index in [-0.39, 0.29) is 0 Å². The Bertz CT molecular complexity index is 495. The Morgan fingerprint density at radius 1 is 1.25 bits per heavy atom. The van der Waals surface area contributed by atoms with E-state index < -0.39 is 0 Å². The zero-order valence-electron chi connectivity index (χ0n) is 12.3. The number of aryl methyl sites for hydroxylation is 1. The molecule has 0 aromatic carbocycles. The minimum atomic E-state index is 0.984. The van der Waals surface area contributed by atoms with Crippen molar-refractivity contribution >= 4 is 11.3 Å². The van der Waals surface area contributed by atoms with E-state index in [1.807, 2.05) is 29.7 Å². The van der Waals surface area contributed by atoms with E-state index in [1.165, 1.54) is 16.1 Å². The molecule has 0 aliphatic carbocycles. The summed E-state index contributed by atoms with van der Waals surface area (Å²) in [4.78, 5) is 8.15. The monoisotopic (exact) mass is 289 g/mol. The second-order valence-electron chi connectivity index (χ2n) is 5.08. The highest BCUT2D eigenvalue weighted by Gasteiger charge is 2.01. The Labute approximate surface area is 125 Å². The first kappa shape index (κ1) is 15.2. The lowest BCUT2D eigenvalue weighted by molar-refractivity contribution is 0.334. The van der Waals surface area contributed by atoms with Crippen LogP contribution in [-0.2, 0) is 13.0 Å². The van der Waals surface area contributed by atoms with Crippen LogP contribution in [0.4, 0.5) is 0 Å². The summed E-state index contributed by atoms with van der Waals surface area (Å²) in [5.74, 6) is 0. The van der Waals surface area contributed by atoms with E-state index in [9.17, 15) is 0 Å². The summed E-state index contributed by atoms with van der Waals surface area (Å²) in [5.41, 5.74) is 2.56. The second kappa shape index (κ2) is 8.15. The molecule has 0 spiro atoms. The van der Waals surface area contributed by atoms with Gasteiger partial charge < -0.3 is 10.2 Å². The number of rotatable bonds is 8. The van der Waals surface area contributed by atoms with Crippen LogP contribution in [0.25, 0.3) is 0 Å². The summed E-state index contributed by atoms with van der Waals surface area (Å²) < 4.78 is 0. The van der Waals surface area contributed by atoms with E-state index >= 15 is 0 Å². The van der Waals surface area contributed by atoms with Crippen LogP contribution in [-0.4, -0.2) is 36.6 Å². The standard InChI is InChI=1S/C16H23N3S/c1-14-7-12-20-16(14)13-17-9-11-19(2)10-6-15-5-3-4-8-18-15/h3-5,7-8,12,17H,6,9-11,13H2,1-2H3. The first-order valence-corrected chi connectivity index (χ1v) is 7.96. The molecule has 2 heterocycles. The van der Waals surface area contributed by atoms with E-state index in [0.717, 1.165) is 32.6 Å². The van der Waals surface area contributed by atoms with Gasteiger partial charge in [-0.15, -0.1) is 11.3 Å². The maximum Gasteiger partial charge on any atom is 0.0416 e. The molecule has 0 amide bonds. The summed E-state index contributed by atoms with van der Waals surface area (Å²) in [5, 5.41) is 5.67. The molecule has 0 aliphatic heterocycles. The summed E-state index contributed by atoms with van der Waals surface area (Å²) in [6, 6.07) is 8.28. The van der Waals surface area contributed by atoms with E-state index in [4.69, 9.17) is 0 Å². The van der Waals surface area contributed by atoms with Gasteiger partial charge in [-0.05, 0) is 43.1 Å². The molecule has 0 bridgehead atoms. The zero-order valence-corrected chi connectivity index (χ0v) is 13.1. The van der Waals surface area contributed by atoms with Crippen molar-refractivity contribution in [2.45, 2.75) is 19.9 Å². The maximum atomic E-state index is 4.35. The van der Waals surface area contributed by atoms with Crippen LogP contribution in [0, 0.1) is 6.92 Å². The van der Waals surface area contributed by atoms with Crippen LogP contribution in [0.3, 0.4) is 0 Å². The van der Waals surface area contributed by atoms with Gasteiger partial charge in [0, 0.05) is 49.4 Å². The number of hydrogen-bond acceptors (Lipinski definition) is 4. The van der Waals surface area contributed by atoms with Crippen molar-refractivity contribution in [3.8, 4) is 0 Å². The average Bonchev–Trinajstić information content (AvgIpc) is 2.88. The molecule has 2 aromatic heterocycles. The molecule has 2 aromatic rings. The number of nitrogens with zero attached hydrogens (tertiary/aromatic N) is 2. The predicted octanol–water partition coefficient (Wildman–Crippen LogP) is 2.72. The Hall–Kier alpha value is -1.23. The maximum absolute atomic E-state index is 4.35. The smallest absolute Gasteiger partial charge is 0.0416 e. The van der Waals surface area contributed by atoms with Crippen LogP contribution >= 0.6 is 11.3 Å². The lowest BCUT2D eigenvalue weighted by atomic mass is 10.2. The van der Waals surface area contributed by atoms with Crippen molar-refractivity contribution in [2.24, 2.45) is 0 Å². The average molecular weight is 289 g/mol. The van der Waals surface area contributed by atoms with Crippen LogP contribution in [0.15, 0.2) is 35.8 Å². The molecule has 3 nitrogen and oxygen atoms in total. The Morgan fingerprint density at radius 3 is 2.85 bits per heavy atom.